The first kappa shape index (κ1) is 38.2. The fourth-order valence-corrected chi connectivity index (χ4v) is 9.71. The van der Waals surface area contributed by atoms with Crippen molar-refractivity contribution in [1.29, 1.82) is 0 Å². The number of alkyl halides is 1. The first-order chi connectivity index (χ1) is 30.3. The van der Waals surface area contributed by atoms with Crippen molar-refractivity contribution in [3.63, 3.8) is 0 Å². The van der Waals surface area contributed by atoms with Crippen LogP contribution in [0.2, 0.25) is 0 Å². The number of carbonyl (C=O) groups excluding carboxylic acids is 2. The number of carbonyl (C=O) groups is 2. The first-order valence-corrected chi connectivity index (χ1v) is 21.4. The average Bonchev–Trinajstić information content (AvgIpc) is 4.12. The van der Waals surface area contributed by atoms with E-state index in [9.17, 15) is 24.2 Å². The van der Waals surface area contributed by atoms with E-state index >= 15 is 0 Å². The van der Waals surface area contributed by atoms with Crippen molar-refractivity contribution in [2.24, 2.45) is 0 Å². The van der Waals surface area contributed by atoms with E-state index < -0.39 is 12.3 Å². The van der Waals surface area contributed by atoms with Gasteiger partial charge in [0.1, 0.15) is 11.9 Å². The van der Waals surface area contributed by atoms with Crippen molar-refractivity contribution in [2.45, 2.75) is 69.2 Å². The summed E-state index contributed by atoms with van der Waals surface area (Å²) in [5.74, 6) is 1.83. The van der Waals surface area contributed by atoms with E-state index in [2.05, 4.69) is 37.6 Å². The molecule has 0 unspecified atom stereocenters. The Kier molecular flexibility index (Phi) is 9.45. The lowest BCUT2D eigenvalue weighted by atomic mass is 9.93. The molecule has 7 aromatic rings. The maximum atomic E-state index is 14.3. The number of β-amino-alcohol motifs (C(OH)–C–C–N with tert-alkyl or cyclic N) is 1. The van der Waals surface area contributed by atoms with Gasteiger partial charge in [0.2, 0.25) is 23.7 Å². The Bertz CT molecular complexity index is 2890. The number of hydrogen-bond donors (Lipinski definition) is 4. The van der Waals surface area contributed by atoms with Crippen molar-refractivity contribution in [3.8, 4) is 33.5 Å². The zero-order valence-corrected chi connectivity index (χ0v) is 33.9. The molecule has 5 aliphatic rings. The molecule has 2 atom stereocenters. The van der Waals surface area contributed by atoms with Gasteiger partial charge in [-0.15, -0.1) is 0 Å². The number of anilines is 4. The van der Waals surface area contributed by atoms with Crippen LogP contribution in [0.15, 0.2) is 91.3 Å². The summed E-state index contributed by atoms with van der Waals surface area (Å²) in [5, 5.41) is 35.4. The number of aromatic nitrogens is 6. The van der Waals surface area contributed by atoms with Gasteiger partial charge in [0.05, 0.1) is 48.3 Å². The highest BCUT2D eigenvalue weighted by Gasteiger charge is 2.33. The zero-order valence-electron chi connectivity index (χ0n) is 33.9. The molecule has 4 N–H and O–H groups in total. The quantitative estimate of drug-likeness (QED) is 0.152. The molecule has 2 amide bonds. The minimum Gasteiger partial charge on any atom is -0.390 e. The second-order valence-electron chi connectivity index (χ2n) is 17.0. The third-order valence-electron chi connectivity index (χ3n) is 12.9. The number of nitrogens with zero attached hydrogens (tertiary/aromatic N) is 8. The highest BCUT2D eigenvalue weighted by atomic mass is 19.1. The lowest BCUT2D eigenvalue weighted by Crippen LogP contribution is -2.52. The van der Waals surface area contributed by atoms with Crippen LogP contribution in [-0.4, -0.2) is 95.8 Å². The summed E-state index contributed by atoms with van der Waals surface area (Å²) in [4.78, 5) is 36.7. The van der Waals surface area contributed by atoms with Crippen molar-refractivity contribution < 1.29 is 24.2 Å². The molecule has 314 valence electrons. The van der Waals surface area contributed by atoms with Gasteiger partial charge in [0.25, 0.3) is 0 Å². The van der Waals surface area contributed by atoms with Crippen LogP contribution in [0.1, 0.15) is 54.8 Å². The molecule has 0 radical (unpaired) electrons. The predicted octanol–water partition coefficient (Wildman–Crippen LogP) is 6.20. The summed E-state index contributed by atoms with van der Waals surface area (Å²) in [6.07, 6.45) is 6.89. The van der Waals surface area contributed by atoms with E-state index in [-0.39, 0.29) is 24.5 Å². The number of fused-ring (bicyclic) bond motifs is 4. The molecular weight excluding hydrogens is 788 g/mol. The molecule has 4 aliphatic heterocycles. The number of hydrogen-bond acceptors (Lipinski definition) is 10. The topological polar surface area (TPSA) is 166 Å². The van der Waals surface area contributed by atoms with Gasteiger partial charge in [0, 0.05) is 66.0 Å². The van der Waals surface area contributed by atoms with Gasteiger partial charge < -0.3 is 30.6 Å². The predicted molar refractivity (Wildman–Crippen MR) is 234 cm³/mol. The zero-order chi connectivity index (χ0) is 42.1. The Morgan fingerprint density at radius 2 is 1.24 bits per heavy atom. The van der Waals surface area contributed by atoms with Gasteiger partial charge in [-0.2, -0.15) is 19.2 Å². The largest absolute Gasteiger partial charge is 0.390 e. The van der Waals surface area contributed by atoms with Crippen LogP contribution in [-0.2, 0) is 22.4 Å². The lowest BCUT2D eigenvalue weighted by Gasteiger charge is -2.36. The number of nitrogens with one attached hydrogen (secondary N) is 2. The van der Waals surface area contributed by atoms with Gasteiger partial charge in [-0.3, -0.25) is 9.59 Å². The van der Waals surface area contributed by atoms with Crippen molar-refractivity contribution >= 4 is 46.1 Å². The molecule has 0 bridgehead atoms. The minimum atomic E-state index is -1.33. The molecule has 8 heterocycles. The van der Waals surface area contributed by atoms with Gasteiger partial charge in [-0.25, -0.2) is 14.4 Å². The SMILES string of the molecule is O=C1Cc2cc(-c3c(-c4ccccc4)nn4c(N5CC[C@H](O)[C@H](F)C5)nccc34)ccc2N1.O=C1Cc2cc(-c3c(C4CCCC4)nn4c(N5CC(O)C5)nccc34)ccc2N1. The van der Waals surface area contributed by atoms with E-state index in [0.717, 1.165) is 91.5 Å². The number of piperidine rings is 1. The third-order valence-corrected chi connectivity index (χ3v) is 12.9. The standard InChI is InChI=1S/C25H22FN5O2.C22H23N5O2/c26-18-14-30(11-9-21(18)32)25-27-10-8-20-23(16-6-7-19-17(12-16)13-22(33)28-19)24(29-31(20)25)15-4-2-1-3-5-15;28-16-11-26(12-16)22-23-8-7-18-20(21(25-27(18)22)13-3-1-2-4-13)14-5-6-17-15(9-14)10-19(29)24-17/h1-8,10,12,18,21,32H,9,11,13-14H2,(H,28,33);5-9,13,16,28H,1-4,10-12H2,(H,24,29)/t18-,21+;/m1./s1. The van der Waals surface area contributed by atoms with Gasteiger partial charge in [-0.1, -0.05) is 55.3 Å². The van der Waals surface area contributed by atoms with E-state index in [1.807, 2.05) is 82.3 Å². The molecule has 3 fully saturated rings. The Labute approximate surface area is 356 Å². The maximum absolute atomic E-state index is 14.3. The number of aliphatic hydroxyl groups excluding tert-OH is 2. The Hall–Kier alpha value is -6.71. The molecule has 14 nitrogen and oxygen atoms in total. The van der Waals surface area contributed by atoms with E-state index in [0.29, 0.717) is 50.8 Å². The molecule has 12 rings (SSSR count). The average molecular weight is 833 g/mol. The second-order valence-corrected chi connectivity index (χ2v) is 17.0. The molecule has 15 heteroatoms. The molecular formula is C47H45FN10O4. The van der Waals surface area contributed by atoms with Crippen LogP contribution in [0.5, 0.6) is 0 Å². The Morgan fingerprint density at radius 1 is 0.645 bits per heavy atom. The summed E-state index contributed by atoms with van der Waals surface area (Å²) in [5.41, 5.74) is 12.7. The van der Waals surface area contributed by atoms with Crippen LogP contribution >= 0.6 is 0 Å². The number of aliphatic hydroxyl groups is 2. The molecule has 62 heavy (non-hydrogen) atoms. The third kappa shape index (κ3) is 6.72. The normalized spacial score (nSPS) is 19.9. The lowest BCUT2D eigenvalue weighted by molar-refractivity contribution is -0.115. The maximum Gasteiger partial charge on any atom is 0.228 e. The van der Waals surface area contributed by atoms with Crippen LogP contribution in [0.25, 0.3) is 44.5 Å². The van der Waals surface area contributed by atoms with Crippen molar-refractivity contribution in [1.82, 2.24) is 29.2 Å². The molecule has 1 aliphatic carbocycles. The fourth-order valence-electron chi connectivity index (χ4n) is 9.71. The molecule has 3 aromatic carbocycles. The summed E-state index contributed by atoms with van der Waals surface area (Å²) >= 11 is 0. The highest BCUT2D eigenvalue weighted by molar-refractivity contribution is 6.02. The Balaban J connectivity index is 0.000000140. The summed E-state index contributed by atoms with van der Waals surface area (Å²) in [6, 6.07) is 26.0. The summed E-state index contributed by atoms with van der Waals surface area (Å²) in [7, 11) is 0. The van der Waals surface area contributed by atoms with Crippen LogP contribution < -0.4 is 20.4 Å². The van der Waals surface area contributed by atoms with Gasteiger partial charge in [0.15, 0.2) is 0 Å². The molecule has 4 aromatic heterocycles. The van der Waals surface area contributed by atoms with Crippen LogP contribution in [0.4, 0.5) is 27.7 Å². The van der Waals surface area contributed by atoms with Crippen molar-refractivity contribution in [2.75, 3.05) is 46.6 Å². The molecule has 0 spiro atoms. The monoisotopic (exact) mass is 832 g/mol. The van der Waals surface area contributed by atoms with Gasteiger partial charge >= 0.3 is 0 Å². The smallest absolute Gasteiger partial charge is 0.228 e. The molecule has 2 saturated heterocycles. The Morgan fingerprint density at radius 3 is 1.87 bits per heavy atom. The minimum absolute atomic E-state index is 0.00940. The fraction of sp³-hybridized carbons (Fsp3) is 0.319. The molecule has 1 saturated carbocycles. The number of rotatable bonds is 6. The van der Waals surface area contributed by atoms with Crippen molar-refractivity contribution in [3.05, 3.63) is 108 Å². The van der Waals surface area contributed by atoms with E-state index in [1.165, 1.54) is 12.8 Å². The number of benzene rings is 3. The number of amides is 2. The van der Waals surface area contributed by atoms with Gasteiger partial charge in [-0.05, 0) is 77.9 Å². The van der Waals surface area contributed by atoms with Crippen LogP contribution in [0.3, 0.4) is 0 Å². The second kappa shape index (κ2) is 15.3. The number of halogens is 1. The first-order valence-electron chi connectivity index (χ1n) is 21.4. The summed E-state index contributed by atoms with van der Waals surface area (Å²) in [6.45, 7) is 1.74. The van der Waals surface area contributed by atoms with E-state index in [1.54, 1.807) is 10.7 Å². The highest BCUT2D eigenvalue weighted by Crippen LogP contribution is 2.43. The summed E-state index contributed by atoms with van der Waals surface area (Å²) < 4.78 is 18.0. The van der Waals surface area contributed by atoms with Crippen LogP contribution in [0, 0.1) is 0 Å². The van der Waals surface area contributed by atoms with E-state index in [4.69, 9.17) is 10.2 Å².